The van der Waals surface area contributed by atoms with E-state index in [1.165, 1.54) is 0 Å². The lowest BCUT2D eigenvalue weighted by Crippen LogP contribution is -2.10. The summed E-state index contributed by atoms with van der Waals surface area (Å²) in [6.45, 7) is 1.04. The molecule has 2 aromatic rings. The molecule has 0 saturated carbocycles. The molecule has 1 atom stereocenters. The van der Waals surface area contributed by atoms with Crippen molar-refractivity contribution >= 4 is 0 Å². The van der Waals surface area contributed by atoms with Gasteiger partial charge in [-0.25, -0.2) is 0 Å². The third kappa shape index (κ3) is 2.15. The highest BCUT2D eigenvalue weighted by molar-refractivity contribution is 5.44. The molecule has 2 N–H and O–H groups in total. The van der Waals surface area contributed by atoms with Crippen LogP contribution >= 0.6 is 0 Å². The summed E-state index contributed by atoms with van der Waals surface area (Å²) in [4.78, 5) is 4.04. The van der Waals surface area contributed by atoms with E-state index in [1.54, 1.807) is 12.4 Å². The van der Waals surface area contributed by atoms with Crippen LogP contribution in [0.4, 0.5) is 0 Å². The Hall–Kier alpha value is -2.07. The fourth-order valence-electron chi connectivity index (χ4n) is 1.96. The summed E-state index contributed by atoms with van der Waals surface area (Å²) < 4.78 is 11.2. The average Bonchev–Trinajstić information content (AvgIpc) is 2.79. The first-order chi connectivity index (χ1) is 8.83. The standard InChI is InChI=1S/C14H14N2O2/c15-13-9-18-14-6-11(3-4-12(13)14)17-8-10-2-1-5-16-7-10/h1-7,13H,8-9,15H2. The minimum Gasteiger partial charge on any atom is -0.491 e. The summed E-state index contributed by atoms with van der Waals surface area (Å²) in [5, 5.41) is 0. The van der Waals surface area contributed by atoms with Crippen molar-refractivity contribution in [3.63, 3.8) is 0 Å². The molecule has 0 amide bonds. The molecule has 0 bridgehead atoms. The monoisotopic (exact) mass is 242 g/mol. The van der Waals surface area contributed by atoms with E-state index in [-0.39, 0.29) is 6.04 Å². The summed E-state index contributed by atoms with van der Waals surface area (Å²) in [5.74, 6) is 1.61. The number of benzene rings is 1. The molecule has 3 rings (SSSR count). The Kier molecular flexibility index (Phi) is 2.86. The van der Waals surface area contributed by atoms with Crippen LogP contribution in [0.3, 0.4) is 0 Å². The van der Waals surface area contributed by atoms with Crippen LogP contribution in [-0.2, 0) is 6.61 Å². The number of ether oxygens (including phenoxy) is 2. The molecule has 1 unspecified atom stereocenters. The molecule has 4 heteroatoms. The molecule has 0 aliphatic carbocycles. The molecule has 4 nitrogen and oxygen atoms in total. The molecular weight excluding hydrogens is 228 g/mol. The summed E-state index contributed by atoms with van der Waals surface area (Å²) in [6, 6.07) is 9.62. The van der Waals surface area contributed by atoms with Gasteiger partial charge in [-0.15, -0.1) is 0 Å². The van der Waals surface area contributed by atoms with Gasteiger partial charge in [-0.05, 0) is 18.2 Å². The third-order valence-electron chi connectivity index (χ3n) is 2.93. The predicted octanol–water partition coefficient (Wildman–Crippen LogP) is 2.05. The van der Waals surface area contributed by atoms with Gasteiger partial charge >= 0.3 is 0 Å². The van der Waals surface area contributed by atoms with Crippen molar-refractivity contribution in [3.05, 3.63) is 53.9 Å². The number of nitrogens with zero attached hydrogens (tertiary/aromatic N) is 1. The fraction of sp³-hybridized carbons (Fsp3) is 0.214. The van der Waals surface area contributed by atoms with Crippen molar-refractivity contribution in [1.29, 1.82) is 0 Å². The van der Waals surface area contributed by atoms with Gasteiger partial charge in [-0.2, -0.15) is 0 Å². The number of fused-ring (bicyclic) bond motifs is 1. The van der Waals surface area contributed by atoms with Crippen LogP contribution in [0.15, 0.2) is 42.7 Å². The molecule has 1 aromatic carbocycles. The van der Waals surface area contributed by atoms with Gasteiger partial charge in [0.2, 0.25) is 0 Å². The maximum atomic E-state index is 5.89. The maximum Gasteiger partial charge on any atom is 0.127 e. The molecule has 0 fully saturated rings. The average molecular weight is 242 g/mol. The maximum absolute atomic E-state index is 5.89. The van der Waals surface area contributed by atoms with Crippen molar-refractivity contribution in [3.8, 4) is 11.5 Å². The highest BCUT2D eigenvalue weighted by Crippen LogP contribution is 2.34. The molecule has 1 aromatic heterocycles. The zero-order chi connectivity index (χ0) is 12.4. The summed E-state index contributed by atoms with van der Waals surface area (Å²) in [5.41, 5.74) is 7.97. The Balaban J connectivity index is 1.71. The second-order valence-corrected chi connectivity index (χ2v) is 4.27. The number of hydrogen-bond acceptors (Lipinski definition) is 4. The van der Waals surface area contributed by atoms with Gasteiger partial charge in [-0.1, -0.05) is 6.07 Å². The summed E-state index contributed by atoms with van der Waals surface area (Å²) >= 11 is 0. The first kappa shape index (κ1) is 11.0. The lowest BCUT2D eigenvalue weighted by molar-refractivity contribution is 0.300. The van der Waals surface area contributed by atoms with Gasteiger partial charge in [0.1, 0.15) is 24.7 Å². The normalized spacial score (nSPS) is 17.1. The predicted molar refractivity (Wildman–Crippen MR) is 67.4 cm³/mol. The first-order valence-corrected chi connectivity index (χ1v) is 5.87. The van der Waals surface area contributed by atoms with Crippen LogP contribution in [-0.4, -0.2) is 11.6 Å². The van der Waals surface area contributed by atoms with E-state index in [9.17, 15) is 0 Å². The van der Waals surface area contributed by atoms with Gasteiger partial charge < -0.3 is 15.2 Å². The molecule has 2 heterocycles. The summed E-state index contributed by atoms with van der Waals surface area (Å²) in [6.07, 6.45) is 3.54. The van der Waals surface area contributed by atoms with Crippen molar-refractivity contribution in [1.82, 2.24) is 4.98 Å². The van der Waals surface area contributed by atoms with Crippen LogP contribution < -0.4 is 15.2 Å². The summed E-state index contributed by atoms with van der Waals surface area (Å²) in [7, 11) is 0. The van der Waals surface area contributed by atoms with E-state index >= 15 is 0 Å². The first-order valence-electron chi connectivity index (χ1n) is 5.87. The van der Waals surface area contributed by atoms with E-state index in [2.05, 4.69) is 4.98 Å². The molecular formula is C14H14N2O2. The van der Waals surface area contributed by atoms with E-state index in [1.807, 2.05) is 30.3 Å². The van der Waals surface area contributed by atoms with Gasteiger partial charge in [0.15, 0.2) is 0 Å². The molecule has 92 valence electrons. The van der Waals surface area contributed by atoms with Crippen molar-refractivity contribution in [2.45, 2.75) is 12.6 Å². The van der Waals surface area contributed by atoms with Crippen molar-refractivity contribution in [2.24, 2.45) is 5.73 Å². The van der Waals surface area contributed by atoms with Crippen LogP contribution in [0.25, 0.3) is 0 Å². The number of aromatic nitrogens is 1. The zero-order valence-corrected chi connectivity index (χ0v) is 9.87. The van der Waals surface area contributed by atoms with Gasteiger partial charge in [-0.3, -0.25) is 4.98 Å². The smallest absolute Gasteiger partial charge is 0.127 e. The fourth-order valence-corrected chi connectivity index (χ4v) is 1.96. The Morgan fingerprint density at radius 3 is 3.17 bits per heavy atom. The molecule has 1 aliphatic heterocycles. The minimum atomic E-state index is -0.0210. The van der Waals surface area contributed by atoms with E-state index < -0.39 is 0 Å². The number of rotatable bonds is 3. The third-order valence-corrected chi connectivity index (χ3v) is 2.93. The van der Waals surface area contributed by atoms with E-state index in [4.69, 9.17) is 15.2 Å². The van der Waals surface area contributed by atoms with Crippen LogP contribution in [0, 0.1) is 0 Å². The lowest BCUT2D eigenvalue weighted by Gasteiger charge is -2.07. The van der Waals surface area contributed by atoms with E-state index in [0.717, 1.165) is 22.6 Å². The Bertz CT molecular complexity index is 543. The number of pyridine rings is 1. The van der Waals surface area contributed by atoms with Crippen molar-refractivity contribution < 1.29 is 9.47 Å². The zero-order valence-electron chi connectivity index (χ0n) is 9.87. The van der Waals surface area contributed by atoms with Crippen LogP contribution in [0.5, 0.6) is 11.5 Å². The van der Waals surface area contributed by atoms with Gasteiger partial charge in [0, 0.05) is 29.6 Å². The quantitative estimate of drug-likeness (QED) is 0.895. The molecule has 0 spiro atoms. The number of hydrogen-bond donors (Lipinski definition) is 1. The molecule has 0 radical (unpaired) electrons. The second kappa shape index (κ2) is 4.66. The van der Waals surface area contributed by atoms with Crippen LogP contribution in [0.1, 0.15) is 17.2 Å². The Morgan fingerprint density at radius 2 is 2.33 bits per heavy atom. The lowest BCUT2D eigenvalue weighted by atomic mass is 10.1. The minimum absolute atomic E-state index is 0.0210. The molecule has 18 heavy (non-hydrogen) atoms. The van der Waals surface area contributed by atoms with E-state index in [0.29, 0.717) is 13.2 Å². The topological polar surface area (TPSA) is 57.4 Å². The number of nitrogens with two attached hydrogens (primary N) is 1. The SMILES string of the molecule is NC1COc2cc(OCc3cccnc3)ccc21. The molecule has 1 aliphatic rings. The Morgan fingerprint density at radius 1 is 1.39 bits per heavy atom. The van der Waals surface area contributed by atoms with Crippen molar-refractivity contribution in [2.75, 3.05) is 6.61 Å². The highest BCUT2D eigenvalue weighted by Gasteiger charge is 2.20. The Labute approximate surface area is 105 Å². The second-order valence-electron chi connectivity index (χ2n) is 4.27. The van der Waals surface area contributed by atoms with Gasteiger partial charge in [0.25, 0.3) is 0 Å². The van der Waals surface area contributed by atoms with Crippen LogP contribution in [0.2, 0.25) is 0 Å². The molecule has 0 saturated heterocycles. The highest BCUT2D eigenvalue weighted by atomic mass is 16.5. The van der Waals surface area contributed by atoms with Gasteiger partial charge in [0.05, 0.1) is 6.04 Å². The largest absolute Gasteiger partial charge is 0.491 e.